The van der Waals surface area contributed by atoms with E-state index in [9.17, 15) is 14.0 Å². The number of fused-ring (bicyclic) bond motifs is 1. The summed E-state index contributed by atoms with van der Waals surface area (Å²) in [5.41, 5.74) is -0.132. The normalized spacial score (nSPS) is 14.7. The number of carbonyl (C=O) groups is 2. The van der Waals surface area contributed by atoms with Gasteiger partial charge in [-0.1, -0.05) is 42.5 Å². The van der Waals surface area contributed by atoms with Crippen molar-refractivity contribution in [3.05, 3.63) is 95.3 Å². The lowest BCUT2D eigenvalue weighted by molar-refractivity contribution is 0.0818. The van der Waals surface area contributed by atoms with Crippen LogP contribution < -0.4 is 10.1 Å². The average Bonchev–Trinajstić information content (AvgIpc) is 2.91. The van der Waals surface area contributed by atoms with Gasteiger partial charge in [0.05, 0.1) is 7.11 Å². The molecule has 3 aromatic carbocycles. The van der Waals surface area contributed by atoms with Crippen molar-refractivity contribution in [1.29, 1.82) is 0 Å². The highest BCUT2D eigenvalue weighted by Crippen LogP contribution is 2.41. The molecule has 134 valence electrons. The molecule has 4 nitrogen and oxygen atoms in total. The first kappa shape index (κ1) is 17.0. The number of ether oxygens (including phenoxy) is 1. The Balaban J connectivity index is 1.91. The van der Waals surface area contributed by atoms with Crippen molar-refractivity contribution in [2.75, 3.05) is 12.4 Å². The molecule has 0 aliphatic heterocycles. The number of carbonyl (C=O) groups excluding carboxylic acids is 2. The number of rotatable bonds is 4. The van der Waals surface area contributed by atoms with Gasteiger partial charge in [0.1, 0.15) is 11.6 Å². The second-order valence-electron chi connectivity index (χ2n) is 6.32. The summed E-state index contributed by atoms with van der Waals surface area (Å²) in [6.45, 7) is 0. The SMILES string of the molecule is COc1ccc(C2(Nc3cccc(F)c3)C(=O)c3ccccc3C2=O)cc1. The minimum absolute atomic E-state index is 0.348. The van der Waals surface area contributed by atoms with E-state index >= 15 is 0 Å². The molecule has 1 aliphatic rings. The Hall–Kier alpha value is -3.47. The number of ketones is 2. The Labute approximate surface area is 155 Å². The molecule has 0 spiro atoms. The molecule has 4 rings (SSSR count). The number of hydrogen-bond acceptors (Lipinski definition) is 4. The number of anilines is 1. The molecule has 0 amide bonds. The van der Waals surface area contributed by atoms with Crippen LogP contribution in [-0.4, -0.2) is 18.7 Å². The number of methoxy groups -OCH3 is 1. The van der Waals surface area contributed by atoms with Gasteiger partial charge in [-0.3, -0.25) is 9.59 Å². The van der Waals surface area contributed by atoms with Crippen LogP contribution in [0.1, 0.15) is 26.3 Å². The van der Waals surface area contributed by atoms with Gasteiger partial charge < -0.3 is 10.1 Å². The summed E-state index contributed by atoms with van der Waals surface area (Å²) in [5.74, 6) is -0.578. The molecular formula is C22H16FNO3. The summed E-state index contributed by atoms with van der Waals surface area (Å²) >= 11 is 0. The topological polar surface area (TPSA) is 55.4 Å². The van der Waals surface area contributed by atoms with E-state index in [-0.39, 0.29) is 11.6 Å². The number of nitrogens with one attached hydrogen (secondary N) is 1. The Morgan fingerprint density at radius 2 is 1.48 bits per heavy atom. The third kappa shape index (κ3) is 2.59. The highest BCUT2D eigenvalue weighted by atomic mass is 19.1. The molecule has 0 bridgehead atoms. The highest BCUT2D eigenvalue weighted by molar-refractivity contribution is 6.34. The van der Waals surface area contributed by atoms with Crippen molar-refractivity contribution in [1.82, 2.24) is 0 Å². The zero-order valence-electron chi connectivity index (χ0n) is 14.5. The van der Waals surface area contributed by atoms with Crippen LogP contribution in [0, 0.1) is 5.82 Å². The summed E-state index contributed by atoms with van der Waals surface area (Å²) < 4.78 is 18.9. The molecule has 0 unspecified atom stereocenters. The molecule has 0 fully saturated rings. The van der Waals surface area contributed by atoms with Gasteiger partial charge in [0.15, 0.2) is 5.54 Å². The van der Waals surface area contributed by atoms with Gasteiger partial charge in [0.25, 0.3) is 0 Å². The average molecular weight is 361 g/mol. The Kier molecular flexibility index (Phi) is 4.00. The molecule has 1 aliphatic carbocycles. The zero-order valence-corrected chi connectivity index (χ0v) is 14.5. The van der Waals surface area contributed by atoms with Gasteiger partial charge in [-0.25, -0.2) is 4.39 Å². The fourth-order valence-electron chi connectivity index (χ4n) is 3.46. The van der Waals surface area contributed by atoms with E-state index in [1.54, 1.807) is 54.6 Å². The van der Waals surface area contributed by atoms with E-state index in [2.05, 4.69) is 5.32 Å². The summed E-state index contributed by atoms with van der Waals surface area (Å²) in [4.78, 5) is 26.7. The van der Waals surface area contributed by atoms with Crippen LogP contribution in [0.4, 0.5) is 10.1 Å². The maximum atomic E-state index is 13.7. The lowest BCUT2D eigenvalue weighted by atomic mass is 9.84. The zero-order chi connectivity index (χ0) is 19.0. The van der Waals surface area contributed by atoms with E-state index in [0.29, 0.717) is 28.1 Å². The molecule has 0 saturated heterocycles. The third-order valence-corrected chi connectivity index (χ3v) is 4.78. The van der Waals surface area contributed by atoms with Gasteiger partial charge >= 0.3 is 0 Å². The molecule has 0 radical (unpaired) electrons. The number of halogens is 1. The van der Waals surface area contributed by atoms with Crippen molar-refractivity contribution in [3.63, 3.8) is 0 Å². The predicted octanol–water partition coefficient (Wildman–Crippen LogP) is 4.22. The number of Topliss-reactive ketones (excluding diaryl/α,β-unsaturated/α-hetero) is 2. The standard InChI is InChI=1S/C22H16FNO3/c1-27-17-11-9-14(10-12-17)22(24-16-6-4-5-15(23)13-16)20(25)18-7-2-3-8-19(18)21(22)26/h2-13,24H,1H3. The van der Waals surface area contributed by atoms with Crippen molar-refractivity contribution < 1.29 is 18.7 Å². The van der Waals surface area contributed by atoms with Crippen LogP contribution in [0.3, 0.4) is 0 Å². The monoisotopic (exact) mass is 361 g/mol. The van der Waals surface area contributed by atoms with Crippen molar-refractivity contribution >= 4 is 17.3 Å². The quantitative estimate of drug-likeness (QED) is 0.707. The van der Waals surface area contributed by atoms with E-state index in [0.717, 1.165) is 0 Å². The van der Waals surface area contributed by atoms with Gasteiger partial charge in [-0.2, -0.15) is 0 Å². The van der Waals surface area contributed by atoms with Crippen molar-refractivity contribution in [2.45, 2.75) is 5.54 Å². The summed E-state index contributed by atoms with van der Waals surface area (Å²) in [6.07, 6.45) is 0. The lowest BCUT2D eigenvalue weighted by Crippen LogP contribution is -2.46. The molecule has 0 heterocycles. The van der Waals surface area contributed by atoms with Gasteiger partial charge in [-0.15, -0.1) is 0 Å². The maximum absolute atomic E-state index is 13.7. The first-order valence-corrected chi connectivity index (χ1v) is 8.43. The van der Waals surface area contributed by atoms with E-state index in [4.69, 9.17) is 4.74 Å². The Morgan fingerprint density at radius 3 is 2.04 bits per heavy atom. The maximum Gasteiger partial charge on any atom is 0.201 e. The minimum Gasteiger partial charge on any atom is -0.497 e. The van der Waals surface area contributed by atoms with Crippen LogP contribution in [0.5, 0.6) is 5.75 Å². The summed E-state index contributed by atoms with van der Waals surface area (Å²) in [6, 6.07) is 19.1. The summed E-state index contributed by atoms with van der Waals surface area (Å²) in [5, 5.41) is 3.02. The molecule has 1 N–H and O–H groups in total. The fraction of sp³-hybridized carbons (Fsp3) is 0.0909. The van der Waals surface area contributed by atoms with Crippen molar-refractivity contribution in [2.24, 2.45) is 0 Å². The van der Waals surface area contributed by atoms with Crippen LogP contribution in [0.15, 0.2) is 72.8 Å². The molecule has 27 heavy (non-hydrogen) atoms. The highest BCUT2D eigenvalue weighted by Gasteiger charge is 2.54. The summed E-state index contributed by atoms with van der Waals surface area (Å²) in [7, 11) is 1.54. The van der Waals surface area contributed by atoms with E-state index < -0.39 is 11.4 Å². The van der Waals surface area contributed by atoms with Crippen LogP contribution >= 0.6 is 0 Å². The lowest BCUT2D eigenvalue weighted by Gasteiger charge is -2.29. The second-order valence-corrected chi connectivity index (χ2v) is 6.32. The third-order valence-electron chi connectivity index (χ3n) is 4.78. The van der Waals surface area contributed by atoms with Gasteiger partial charge in [-0.05, 0) is 35.9 Å². The van der Waals surface area contributed by atoms with Gasteiger partial charge in [0, 0.05) is 16.8 Å². The largest absolute Gasteiger partial charge is 0.497 e. The van der Waals surface area contributed by atoms with E-state index in [1.165, 1.54) is 25.3 Å². The number of benzene rings is 3. The van der Waals surface area contributed by atoms with Crippen LogP contribution in [-0.2, 0) is 5.54 Å². The fourth-order valence-corrected chi connectivity index (χ4v) is 3.46. The van der Waals surface area contributed by atoms with Crippen molar-refractivity contribution in [3.8, 4) is 5.75 Å². The molecule has 0 saturated carbocycles. The predicted molar refractivity (Wildman–Crippen MR) is 99.8 cm³/mol. The smallest absolute Gasteiger partial charge is 0.201 e. The minimum atomic E-state index is -1.65. The van der Waals surface area contributed by atoms with Gasteiger partial charge in [0.2, 0.25) is 11.6 Å². The van der Waals surface area contributed by atoms with Crippen LogP contribution in [0.2, 0.25) is 0 Å². The molecule has 3 aromatic rings. The Morgan fingerprint density at radius 1 is 0.852 bits per heavy atom. The first-order valence-electron chi connectivity index (χ1n) is 8.43. The first-order chi connectivity index (χ1) is 13.1. The molecule has 0 atom stereocenters. The number of hydrogen-bond donors (Lipinski definition) is 1. The van der Waals surface area contributed by atoms with E-state index in [1.807, 2.05) is 0 Å². The molecule has 0 aromatic heterocycles. The molecular weight excluding hydrogens is 345 g/mol. The Bertz CT molecular complexity index is 1010. The molecule has 5 heteroatoms. The second kappa shape index (κ2) is 6.36. The van der Waals surface area contributed by atoms with Crippen LogP contribution in [0.25, 0.3) is 0 Å².